The Morgan fingerprint density at radius 3 is 2.55 bits per heavy atom. The second-order valence-electron chi connectivity index (χ2n) is 5.10. The lowest BCUT2D eigenvalue weighted by molar-refractivity contribution is 0.0980. The van der Waals surface area contributed by atoms with Gasteiger partial charge in [0.25, 0.3) is 5.91 Å². The predicted octanol–water partition coefficient (Wildman–Crippen LogP) is 1.57. The molecule has 0 aliphatic heterocycles. The summed E-state index contributed by atoms with van der Waals surface area (Å²) in [6, 6.07) is 9.77. The number of carbonyl (C=O) groups is 1. The molecule has 0 radical (unpaired) electrons. The van der Waals surface area contributed by atoms with E-state index < -0.39 is 15.9 Å². The van der Waals surface area contributed by atoms with Crippen molar-refractivity contribution in [2.75, 3.05) is 6.26 Å². The molecule has 1 N–H and O–H groups in total. The number of hydrogen-bond donors (Lipinski definition) is 1. The molecular formula is C15H19N3O3S. The minimum Gasteiger partial charge on any atom is -0.268 e. The van der Waals surface area contributed by atoms with E-state index in [-0.39, 0.29) is 0 Å². The van der Waals surface area contributed by atoms with E-state index in [1.54, 1.807) is 4.68 Å². The summed E-state index contributed by atoms with van der Waals surface area (Å²) in [5, 5.41) is 4.24. The van der Waals surface area contributed by atoms with E-state index >= 15 is 0 Å². The van der Waals surface area contributed by atoms with Crippen LogP contribution in [-0.2, 0) is 23.0 Å². The Labute approximate surface area is 130 Å². The number of benzene rings is 1. The molecule has 2 rings (SSSR count). The van der Waals surface area contributed by atoms with Gasteiger partial charge in [-0.15, -0.1) is 0 Å². The highest BCUT2D eigenvalue weighted by Crippen LogP contribution is 2.14. The monoisotopic (exact) mass is 321 g/mol. The summed E-state index contributed by atoms with van der Waals surface area (Å²) in [5.41, 5.74) is 2.12. The average molecular weight is 321 g/mol. The van der Waals surface area contributed by atoms with Crippen molar-refractivity contribution in [1.82, 2.24) is 14.5 Å². The summed E-state index contributed by atoms with van der Waals surface area (Å²) in [6.07, 6.45) is 3.87. The average Bonchev–Trinajstić information content (AvgIpc) is 2.82. The van der Waals surface area contributed by atoms with Crippen LogP contribution in [0.3, 0.4) is 0 Å². The number of rotatable bonds is 6. The molecule has 0 aliphatic rings. The second-order valence-corrected chi connectivity index (χ2v) is 6.85. The molecule has 2 aromatic rings. The lowest BCUT2D eigenvalue weighted by atomic mass is 10.1. The molecule has 1 heterocycles. The Balaban J connectivity index is 2.31. The van der Waals surface area contributed by atoms with Crippen molar-refractivity contribution < 1.29 is 13.2 Å². The standard InChI is InChI=1S/C15H19N3O3S/c1-3-7-14-13(15(19)17-22(2,20)21)10-16-18(14)11-12-8-5-4-6-9-12/h4-6,8-10H,3,7,11H2,1-2H3,(H,17,19). The Morgan fingerprint density at radius 1 is 1.27 bits per heavy atom. The van der Waals surface area contributed by atoms with Crippen LogP contribution in [0.5, 0.6) is 0 Å². The van der Waals surface area contributed by atoms with Gasteiger partial charge in [0.1, 0.15) is 0 Å². The molecule has 0 spiro atoms. The molecule has 1 aromatic heterocycles. The van der Waals surface area contributed by atoms with E-state index in [4.69, 9.17) is 0 Å². The van der Waals surface area contributed by atoms with E-state index in [2.05, 4.69) is 5.10 Å². The molecule has 0 saturated carbocycles. The Hall–Kier alpha value is -2.15. The predicted molar refractivity (Wildman–Crippen MR) is 84.1 cm³/mol. The van der Waals surface area contributed by atoms with Crippen molar-refractivity contribution in [3.63, 3.8) is 0 Å². The highest BCUT2D eigenvalue weighted by Gasteiger charge is 2.19. The summed E-state index contributed by atoms with van der Waals surface area (Å²) >= 11 is 0. The third kappa shape index (κ3) is 4.17. The van der Waals surface area contributed by atoms with Crippen LogP contribution in [0, 0.1) is 0 Å². The van der Waals surface area contributed by atoms with E-state index in [0.29, 0.717) is 18.5 Å². The fourth-order valence-corrected chi connectivity index (χ4v) is 2.66. The summed E-state index contributed by atoms with van der Waals surface area (Å²) in [4.78, 5) is 12.1. The van der Waals surface area contributed by atoms with Crippen molar-refractivity contribution >= 4 is 15.9 Å². The van der Waals surface area contributed by atoms with Crippen LogP contribution >= 0.6 is 0 Å². The number of amides is 1. The van der Waals surface area contributed by atoms with Gasteiger partial charge in [-0.2, -0.15) is 5.10 Å². The van der Waals surface area contributed by atoms with Gasteiger partial charge < -0.3 is 0 Å². The molecule has 1 amide bonds. The summed E-state index contributed by atoms with van der Waals surface area (Å²) in [5.74, 6) is -0.634. The normalized spacial score (nSPS) is 11.4. The molecule has 7 heteroatoms. The smallest absolute Gasteiger partial charge is 0.268 e. The maximum Gasteiger partial charge on any atom is 0.268 e. The van der Waals surface area contributed by atoms with Crippen LogP contribution in [0.4, 0.5) is 0 Å². The van der Waals surface area contributed by atoms with Gasteiger partial charge in [-0.05, 0) is 12.0 Å². The van der Waals surface area contributed by atoms with Gasteiger partial charge in [-0.1, -0.05) is 43.7 Å². The Kier molecular flexibility index (Phi) is 4.97. The maximum absolute atomic E-state index is 12.1. The number of sulfonamides is 1. The van der Waals surface area contributed by atoms with Crippen LogP contribution in [0.1, 0.15) is 35.0 Å². The number of aromatic nitrogens is 2. The van der Waals surface area contributed by atoms with Gasteiger partial charge in [-0.3, -0.25) is 9.48 Å². The van der Waals surface area contributed by atoms with Gasteiger partial charge in [0.05, 0.1) is 30.3 Å². The Bertz CT molecular complexity index is 752. The van der Waals surface area contributed by atoms with Gasteiger partial charge in [0, 0.05) is 0 Å². The molecule has 0 saturated heterocycles. The maximum atomic E-state index is 12.1. The SMILES string of the molecule is CCCc1c(C(=O)NS(C)(=O)=O)cnn1Cc1ccccc1. The highest BCUT2D eigenvalue weighted by atomic mass is 32.2. The molecule has 0 aliphatic carbocycles. The number of nitrogens with zero attached hydrogens (tertiary/aromatic N) is 2. The fourth-order valence-electron chi connectivity index (χ4n) is 2.22. The first-order chi connectivity index (χ1) is 10.4. The van der Waals surface area contributed by atoms with E-state index in [1.807, 2.05) is 42.0 Å². The molecule has 6 nitrogen and oxygen atoms in total. The van der Waals surface area contributed by atoms with Gasteiger partial charge in [-0.25, -0.2) is 13.1 Å². The zero-order valence-electron chi connectivity index (χ0n) is 12.6. The molecule has 0 bridgehead atoms. The van der Waals surface area contributed by atoms with E-state index in [1.165, 1.54) is 6.20 Å². The first kappa shape index (κ1) is 16.2. The van der Waals surface area contributed by atoms with Gasteiger partial charge in [0.2, 0.25) is 10.0 Å². The van der Waals surface area contributed by atoms with Crippen LogP contribution in [-0.4, -0.2) is 30.4 Å². The largest absolute Gasteiger partial charge is 0.268 e. The molecule has 0 unspecified atom stereocenters. The topological polar surface area (TPSA) is 81.1 Å². The fraction of sp³-hybridized carbons (Fsp3) is 0.333. The van der Waals surface area contributed by atoms with Gasteiger partial charge in [0.15, 0.2) is 0 Å². The van der Waals surface area contributed by atoms with Crippen molar-refractivity contribution in [2.24, 2.45) is 0 Å². The van der Waals surface area contributed by atoms with Gasteiger partial charge >= 0.3 is 0 Å². The lowest BCUT2D eigenvalue weighted by Gasteiger charge is -2.09. The molecule has 0 atom stereocenters. The molecule has 1 aromatic carbocycles. The number of hydrogen-bond acceptors (Lipinski definition) is 4. The minimum atomic E-state index is -3.59. The second kappa shape index (κ2) is 6.74. The van der Waals surface area contributed by atoms with Crippen LogP contribution < -0.4 is 4.72 Å². The number of nitrogens with one attached hydrogen (secondary N) is 1. The first-order valence-electron chi connectivity index (χ1n) is 7.01. The molecule has 0 fully saturated rings. The molecule has 118 valence electrons. The van der Waals surface area contributed by atoms with Crippen LogP contribution in [0.25, 0.3) is 0 Å². The third-order valence-corrected chi connectivity index (χ3v) is 3.69. The molecular weight excluding hydrogens is 302 g/mol. The summed E-state index contributed by atoms with van der Waals surface area (Å²) in [7, 11) is -3.59. The zero-order chi connectivity index (χ0) is 16.2. The Morgan fingerprint density at radius 2 is 1.95 bits per heavy atom. The number of carbonyl (C=O) groups excluding carboxylic acids is 1. The minimum absolute atomic E-state index is 0.309. The van der Waals surface area contributed by atoms with Crippen molar-refractivity contribution in [2.45, 2.75) is 26.3 Å². The van der Waals surface area contributed by atoms with E-state index in [0.717, 1.165) is 23.9 Å². The van der Waals surface area contributed by atoms with Crippen LogP contribution in [0.15, 0.2) is 36.5 Å². The highest BCUT2D eigenvalue weighted by molar-refractivity contribution is 7.89. The van der Waals surface area contributed by atoms with Crippen molar-refractivity contribution in [3.8, 4) is 0 Å². The summed E-state index contributed by atoms with van der Waals surface area (Å²) < 4.78 is 26.2. The first-order valence-corrected chi connectivity index (χ1v) is 8.90. The third-order valence-electron chi connectivity index (χ3n) is 3.13. The van der Waals surface area contributed by atoms with E-state index in [9.17, 15) is 13.2 Å². The zero-order valence-corrected chi connectivity index (χ0v) is 13.4. The lowest BCUT2D eigenvalue weighted by Crippen LogP contribution is -2.30. The molecule has 22 heavy (non-hydrogen) atoms. The van der Waals surface area contributed by atoms with Crippen LogP contribution in [0.2, 0.25) is 0 Å². The quantitative estimate of drug-likeness (QED) is 0.876. The van der Waals surface area contributed by atoms with Crippen molar-refractivity contribution in [1.29, 1.82) is 0 Å². The van der Waals surface area contributed by atoms with Crippen molar-refractivity contribution in [3.05, 3.63) is 53.3 Å². The summed E-state index contributed by atoms with van der Waals surface area (Å²) in [6.45, 7) is 2.54.